The van der Waals surface area contributed by atoms with Crippen molar-refractivity contribution in [2.24, 2.45) is 5.92 Å². The highest BCUT2D eigenvalue weighted by Gasteiger charge is 2.46. The molecule has 4 atom stereocenters. The lowest BCUT2D eigenvalue weighted by atomic mass is 9.76. The average molecular weight is 525 g/mol. The minimum atomic E-state index is -0.731. The summed E-state index contributed by atoms with van der Waals surface area (Å²) in [6.45, 7) is 1.53. The van der Waals surface area contributed by atoms with E-state index in [9.17, 15) is 14.7 Å². The monoisotopic (exact) mass is 524 g/mol. The highest BCUT2D eigenvalue weighted by Crippen LogP contribution is 2.46. The van der Waals surface area contributed by atoms with E-state index in [1.54, 1.807) is 0 Å². The Hall–Kier alpha value is -3.34. The zero-order valence-electron chi connectivity index (χ0n) is 21.0. The molecule has 2 aromatic carbocycles. The molecule has 38 heavy (non-hydrogen) atoms. The van der Waals surface area contributed by atoms with Crippen LogP contribution in [-0.2, 0) is 25.6 Å². The topological polar surface area (TPSA) is 125 Å². The first-order valence-corrected chi connectivity index (χ1v) is 13.2. The predicted octanol–water partition coefficient (Wildman–Crippen LogP) is 2.48. The molecule has 2 saturated heterocycles. The Morgan fingerprint density at radius 2 is 1.95 bits per heavy atom. The fraction of sp³-hybridized carbons (Fsp3) is 0.500. The van der Waals surface area contributed by atoms with E-state index in [4.69, 9.17) is 23.7 Å². The van der Waals surface area contributed by atoms with E-state index in [2.05, 4.69) is 10.6 Å². The molecule has 4 aliphatic heterocycles. The Labute approximate surface area is 220 Å². The number of aliphatic hydroxyl groups is 1. The Balaban J connectivity index is 1.16. The normalized spacial score (nSPS) is 26.2. The van der Waals surface area contributed by atoms with Gasteiger partial charge in [-0.05, 0) is 42.3 Å². The van der Waals surface area contributed by atoms with Crippen LogP contribution in [-0.4, -0.2) is 61.8 Å². The molecule has 0 unspecified atom stereocenters. The number of amides is 2. The lowest BCUT2D eigenvalue weighted by Gasteiger charge is -2.40. The summed E-state index contributed by atoms with van der Waals surface area (Å²) in [5.41, 5.74) is 2.49. The first kappa shape index (κ1) is 25.0. The molecule has 2 bridgehead atoms. The number of hydrogen-bond donors (Lipinski definition) is 3. The average Bonchev–Trinajstić information content (AvgIpc) is 3.37. The number of hydrogen-bond acceptors (Lipinski definition) is 8. The summed E-state index contributed by atoms with van der Waals surface area (Å²) in [5.74, 6) is 0.867. The molecule has 0 aromatic heterocycles. The molecule has 4 aliphatic rings. The van der Waals surface area contributed by atoms with E-state index in [1.165, 1.54) is 0 Å². The predicted molar refractivity (Wildman–Crippen MR) is 135 cm³/mol. The van der Waals surface area contributed by atoms with Gasteiger partial charge >= 0.3 is 0 Å². The van der Waals surface area contributed by atoms with Crippen LogP contribution in [0.3, 0.4) is 0 Å². The van der Waals surface area contributed by atoms with Crippen molar-refractivity contribution in [3.8, 4) is 17.2 Å². The van der Waals surface area contributed by atoms with Crippen molar-refractivity contribution >= 4 is 17.5 Å². The molecule has 10 nitrogen and oxygen atoms in total. The Morgan fingerprint density at radius 3 is 2.79 bits per heavy atom. The standard InChI is InChI=1S/C28H32N2O8/c31-14-25-27-21(20-10-17(30-28(27)33)2-4-22(20)37-18-5-7-34-8-6-18)11-19(38-25)12-26(32)29-13-16-1-3-23-24(9-16)36-15-35-23/h1-4,9-10,18-19,21,25,27,31H,5-8,11-15H2,(H,29,32)(H,30,33)/t19-,21+,25-,27-/m1/s1. The summed E-state index contributed by atoms with van der Waals surface area (Å²) in [4.78, 5) is 26.1. The molecule has 6 rings (SSSR count). The molecule has 10 heteroatoms. The molecular formula is C28H32N2O8. The van der Waals surface area contributed by atoms with Crippen molar-refractivity contribution in [3.63, 3.8) is 0 Å². The first-order valence-electron chi connectivity index (χ1n) is 13.2. The number of anilines is 1. The Kier molecular flexibility index (Phi) is 7.10. The van der Waals surface area contributed by atoms with Gasteiger partial charge in [0.15, 0.2) is 11.5 Å². The van der Waals surface area contributed by atoms with E-state index in [-0.39, 0.29) is 43.7 Å². The van der Waals surface area contributed by atoms with Crippen LogP contribution in [0.5, 0.6) is 17.2 Å². The maximum Gasteiger partial charge on any atom is 0.231 e. The van der Waals surface area contributed by atoms with Gasteiger partial charge in [0, 0.05) is 36.6 Å². The van der Waals surface area contributed by atoms with Crippen LogP contribution in [0.2, 0.25) is 0 Å². The van der Waals surface area contributed by atoms with Gasteiger partial charge in [-0.3, -0.25) is 9.59 Å². The molecule has 2 amide bonds. The summed E-state index contributed by atoms with van der Waals surface area (Å²) in [6.07, 6.45) is 1.03. The van der Waals surface area contributed by atoms with Gasteiger partial charge in [0.1, 0.15) is 11.9 Å². The third kappa shape index (κ3) is 5.16. The van der Waals surface area contributed by atoms with Gasteiger partial charge in [-0.15, -0.1) is 0 Å². The maximum atomic E-state index is 13.2. The second kappa shape index (κ2) is 10.8. The van der Waals surface area contributed by atoms with Crippen molar-refractivity contribution in [2.45, 2.75) is 56.5 Å². The SMILES string of the molecule is O=C(C[C@H]1C[C@H]2c3cc(ccc3OC3CCOCC3)NC(=O)[C@H]2[C@@H](CO)O1)NCc1ccc2c(c1)OCO2. The summed E-state index contributed by atoms with van der Waals surface area (Å²) in [7, 11) is 0. The number of carbonyl (C=O) groups excluding carboxylic acids is 2. The van der Waals surface area contributed by atoms with Crippen molar-refractivity contribution in [1.29, 1.82) is 0 Å². The molecule has 0 radical (unpaired) electrons. The third-order valence-electron chi connectivity index (χ3n) is 7.68. The van der Waals surface area contributed by atoms with E-state index in [0.29, 0.717) is 43.4 Å². The van der Waals surface area contributed by atoms with Gasteiger partial charge in [-0.1, -0.05) is 6.07 Å². The number of carbonyl (C=O) groups is 2. The van der Waals surface area contributed by atoms with E-state index in [1.807, 2.05) is 36.4 Å². The number of aliphatic hydroxyl groups excluding tert-OH is 1. The second-order valence-corrected chi connectivity index (χ2v) is 10.2. The highest BCUT2D eigenvalue weighted by atomic mass is 16.7. The van der Waals surface area contributed by atoms with Crippen LogP contribution in [0.15, 0.2) is 36.4 Å². The molecule has 2 aromatic rings. The molecule has 4 heterocycles. The number of nitrogens with one attached hydrogen (secondary N) is 2. The highest BCUT2D eigenvalue weighted by molar-refractivity contribution is 5.95. The first-order chi connectivity index (χ1) is 18.6. The molecule has 0 spiro atoms. The van der Waals surface area contributed by atoms with Crippen LogP contribution in [0, 0.1) is 5.92 Å². The van der Waals surface area contributed by atoms with Crippen molar-refractivity contribution in [1.82, 2.24) is 5.32 Å². The number of rotatable bonds is 7. The summed E-state index contributed by atoms with van der Waals surface area (Å²) < 4.78 is 28.7. The van der Waals surface area contributed by atoms with Gasteiger partial charge in [0.05, 0.1) is 44.4 Å². The van der Waals surface area contributed by atoms with Crippen molar-refractivity contribution in [2.75, 3.05) is 31.9 Å². The third-order valence-corrected chi connectivity index (χ3v) is 7.68. The number of ether oxygens (including phenoxy) is 5. The van der Waals surface area contributed by atoms with Gasteiger partial charge < -0.3 is 39.4 Å². The van der Waals surface area contributed by atoms with Crippen LogP contribution in [0.25, 0.3) is 0 Å². The minimum Gasteiger partial charge on any atom is -0.490 e. The Morgan fingerprint density at radius 1 is 1.11 bits per heavy atom. The van der Waals surface area contributed by atoms with E-state index in [0.717, 1.165) is 29.7 Å². The molecule has 202 valence electrons. The van der Waals surface area contributed by atoms with Gasteiger partial charge in [-0.25, -0.2) is 0 Å². The van der Waals surface area contributed by atoms with Gasteiger partial charge in [0.2, 0.25) is 18.6 Å². The fourth-order valence-electron chi connectivity index (χ4n) is 5.79. The Bertz CT molecular complexity index is 1200. The lowest BCUT2D eigenvalue weighted by molar-refractivity contribution is -0.148. The van der Waals surface area contributed by atoms with Crippen LogP contribution >= 0.6 is 0 Å². The second-order valence-electron chi connectivity index (χ2n) is 10.2. The zero-order valence-corrected chi connectivity index (χ0v) is 21.0. The fourth-order valence-corrected chi connectivity index (χ4v) is 5.79. The molecule has 0 saturated carbocycles. The number of fused-ring (bicyclic) bond motifs is 5. The largest absolute Gasteiger partial charge is 0.490 e. The van der Waals surface area contributed by atoms with Crippen LogP contribution in [0.4, 0.5) is 5.69 Å². The van der Waals surface area contributed by atoms with Gasteiger partial charge in [-0.2, -0.15) is 0 Å². The molecular weight excluding hydrogens is 492 g/mol. The lowest BCUT2D eigenvalue weighted by Crippen LogP contribution is -2.48. The quantitative estimate of drug-likeness (QED) is 0.505. The van der Waals surface area contributed by atoms with E-state index < -0.39 is 18.1 Å². The van der Waals surface area contributed by atoms with Crippen LogP contribution in [0.1, 0.15) is 42.7 Å². The summed E-state index contributed by atoms with van der Waals surface area (Å²) in [6, 6.07) is 11.2. The maximum absolute atomic E-state index is 13.2. The number of benzene rings is 2. The summed E-state index contributed by atoms with van der Waals surface area (Å²) in [5, 5.41) is 16.1. The smallest absolute Gasteiger partial charge is 0.231 e. The van der Waals surface area contributed by atoms with E-state index >= 15 is 0 Å². The summed E-state index contributed by atoms with van der Waals surface area (Å²) >= 11 is 0. The zero-order chi connectivity index (χ0) is 26.1. The molecule has 0 aliphatic carbocycles. The minimum absolute atomic E-state index is 0.0439. The molecule has 2 fully saturated rings. The van der Waals surface area contributed by atoms with Crippen molar-refractivity contribution < 1.29 is 38.4 Å². The van der Waals surface area contributed by atoms with Crippen LogP contribution < -0.4 is 24.8 Å². The van der Waals surface area contributed by atoms with Gasteiger partial charge in [0.25, 0.3) is 0 Å². The van der Waals surface area contributed by atoms with Crippen molar-refractivity contribution in [3.05, 3.63) is 47.5 Å². The molecule has 3 N–H and O–H groups in total.